The molecule has 2 aromatic rings. The van der Waals surface area contributed by atoms with E-state index < -0.39 is 6.04 Å². The Labute approximate surface area is 183 Å². The van der Waals surface area contributed by atoms with E-state index in [1.54, 1.807) is 24.0 Å². The number of amides is 2. The summed E-state index contributed by atoms with van der Waals surface area (Å²) in [5, 5.41) is 3.77. The zero-order chi connectivity index (χ0) is 21.6. The molecule has 6 heteroatoms. The second-order valence-corrected chi connectivity index (χ2v) is 8.41. The number of hydrogen-bond acceptors (Lipinski definition) is 2. The highest BCUT2D eigenvalue weighted by Crippen LogP contribution is 2.24. The zero-order valence-electron chi connectivity index (χ0n) is 17.3. The van der Waals surface area contributed by atoms with E-state index in [0.29, 0.717) is 22.9 Å². The third-order valence-corrected chi connectivity index (χ3v) is 5.42. The second kappa shape index (κ2) is 10.7. The van der Waals surface area contributed by atoms with Crippen molar-refractivity contribution in [3.05, 3.63) is 69.2 Å². The van der Waals surface area contributed by atoms with Crippen molar-refractivity contribution in [1.29, 1.82) is 0 Å². The van der Waals surface area contributed by atoms with Crippen LogP contribution in [0.2, 0.25) is 10.0 Å². The molecule has 0 unspecified atom stereocenters. The van der Waals surface area contributed by atoms with E-state index >= 15 is 0 Å². The fourth-order valence-corrected chi connectivity index (χ4v) is 3.29. The SMILES string of the molecule is Cc1ccc(CCC(=O)N(Cc2ccc(Cl)c(Cl)c2)[C@H](C)C(=O)NC(C)C)cc1. The average molecular weight is 435 g/mol. The molecule has 0 bridgehead atoms. The molecule has 1 atom stereocenters. The summed E-state index contributed by atoms with van der Waals surface area (Å²) in [5.41, 5.74) is 3.10. The molecule has 2 rings (SSSR count). The molecule has 2 amide bonds. The number of nitrogens with zero attached hydrogens (tertiary/aromatic N) is 1. The quantitative estimate of drug-likeness (QED) is 0.622. The van der Waals surface area contributed by atoms with E-state index in [0.717, 1.165) is 11.1 Å². The number of aryl methyl sites for hydroxylation is 2. The Balaban J connectivity index is 2.17. The molecule has 0 aliphatic carbocycles. The Bertz CT molecular complexity index is 850. The van der Waals surface area contributed by atoms with Crippen molar-refractivity contribution in [1.82, 2.24) is 10.2 Å². The van der Waals surface area contributed by atoms with Gasteiger partial charge < -0.3 is 10.2 Å². The number of carbonyl (C=O) groups is 2. The molecular weight excluding hydrogens is 407 g/mol. The first-order valence-corrected chi connectivity index (χ1v) is 10.5. The van der Waals surface area contributed by atoms with Crippen molar-refractivity contribution in [2.75, 3.05) is 0 Å². The Morgan fingerprint density at radius 3 is 2.17 bits per heavy atom. The van der Waals surface area contributed by atoms with Crippen molar-refractivity contribution in [3.8, 4) is 0 Å². The maximum atomic E-state index is 13.1. The van der Waals surface area contributed by atoms with Gasteiger partial charge in [0.1, 0.15) is 6.04 Å². The summed E-state index contributed by atoms with van der Waals surface area (Å²) in [4.78, 5) is 27.2. The zero-order valence-corrected chi connectivity index (χ0v) is 18.8. The van der Waals surface area contributed by atoms with Crippen LogP contribution in [0.5, 0.6) is 0 Å². The predicted octanol–water partition coefficient (Wildman–Crippen LogP) is 5.18. The Morgan fingerprint density at radius 2 is 1.59 bits per heavy atom. The van der Waals surface area contributed by atoms with Gasteiger partial charge in [0.05, 0.1) is 10.0 Å². The van der Waals surface area contributed by atoms with Crippen LogP contribution < -0.4 is 5.32 Å². The molecule has 0 spiro atoms. The van der Waals surface area contributed by atoms with Crippen LogP contribution >= 0.6 is 23.2 Å². The fourth-order valence-electron chi connectivity index (χ4n) is 2.97. The second-order valence-electron chi connectivity index (χ2n) is 7.59. The smallest absolute Gasteiger partial charge is 0.242 e. The standard InChI is InChI=1S/C23H28Cl2N2O2/c1-15(2)26-23(29)17(4)27(14-19-9-11-20(24)21(25)13-19)22(28)12-10-18-7-5-16(3)6-8-18/h5-9,11,13,15,17H,10,12,14H2,1-4H3,(H,26,29)/t17-/m1/s1. The van der Waals surface area contributed by atoms with Crippen LogP contribution in [-0.2, 0) is 22.6 Å². The van der Waals surface area contributed by atoms with Gasteiger partial charge in [0.25, 0.3) is 0 Å². The molecule has 0 heterocycles. The molecule has 156 valence electrons. The number of rotatable bonds is 8. The normalized spacial score (nSPS) is 12.0. The van der Waals surface area contributed by atoms with Crippen LogP contribution in [0.15, 0.2) is 42.5 Å². The summed E-state index contributed by atoms with van der Waals surface area (Å²) >= 11 is 12.1. The average Bonchev–Trinajstić information content (AvgIpc) is 2.67. The first-order chi connectivity index (χ1) is 13.7. The minimum atomic E-state index is -0.600. The highest BCUT2D eigenvalue weighted by Gasteiger charge is 2.26. The molecule has 0 aliphatic heterocycles. The third kappa shape index (κ3) is 7.06. The highest BCUT2D eigenvalue weighted by atomic mass is 35.5. The molecule has 0 saturated heterocycles. The van der Waals surface area contributed by atoms with Gasteiger partial charge in [-0.1, -0.05) is 59.1 Å². The highest BCUT2D eigenvalue weighted by molar-refractivity contribution is 6.42. The summed E-state index contributed by atoms with van der Waals surface area (Å²) < 4.78 is 0. The van der Waals surface area contributed by atoms with E-state index in [2.05, 4.69) is 5.32 Å². The van der Waals surface area contributed by atoms with Crippen molar-refractivity contribution in [2.24, 2.45) is 0 Å². The van der Waals surface area contributed by atoms with Gasteiger partial charge in [-0.15, -0.1) is 0 Å². The van der Waals surface area contributed by atoms with Crippen LogP contribution in [0.25, 0.3) is 0 Å². The Morgan fingerprint density at radius 1 is 0.966 bits per heavy atom. The van der Waals surface area contributed by atoms with Crippen molar-refractivity contribution >= 4 is 35.0 Å². The molecular formula is C23H28Cl2N2O2. The molecule has 0 fully saturated rings. The lowest BCUT2D eigenvalue weighted by molar-refractivity contribution is -0.140. The maximum Gasteiger partial charge on any atom is 0.242 e. The predicted molar refractivity (Wildman–Crippen MR) is 119 cm³/mol. The lowest BCUT2D eigenvalue weighted by Crippen LogP contribution is -2.49. The van der Waals surface area contributed by atoms with Crippen LogP contribution in [0.1, 0.15) is 43.9 Å². The van der Waals surface area contributed by atoms with Crippen LogP contribution in [0.3, 0.4) is 0 Å². The monoisotopic (exact) mass is 434 g/mol. The molecule has 0 aliphatic rings. The van der Waals surface area contributed by atoms with Gasteiger partial charge in [-0.3, -0.25) is 9.59 Å². The fraction of sp³-hybridized carbons (Fsp3) is 0.391. The number of carbonyl (C=O) groups excluding carboxylic acids is 2. The topological polar surface area (TPSA) is 49.4 Å². The minimum absolute atomic E-state index is 0.000521. The molecule has 0 saturated carbocycles. The largest absolute Gasteiger partial charge is 0.352 e. The third-order valence-electron chi connectivity index (χ3n) is 4.68. The van der Waals surface area contributed by atoms with Gasteiger partial charge in [-0.25, -0.2) is 0 Å². The van der Waals surface area contributed by atoms with Crippen molar-refractivity contribution < 1.29 is 9.59 Å². The molecule has 29 heavy (non-hydrogen) atoms. The van der Waals surface area contributed by atoms with Gasteiger partial charge in [0.2, 0.25) is 11.8 Å². The van der Waals surface area contributed by atoms with E-state index in [1.165, 1.54) is 5.56 Å². The maximum absolute atomic E-state index is 13.1. The first-order valence-electron chi connectivity index (χ1n) is 9.76. The summed E-state index contributed by atoms with van der Waals surface area (Å²) in [5.74, 6) is -0.258. The lowest BCUT2D eigenvalue weighted by atomic mass is 10.1. The molecule has 0 aromatic heterocycles. The van der Waals surface area contributed by atoms with E-state index in [-0.39, 0.29) is 24.4 Å². The lowest BCUT2D eigenvalue weighted by Gasteiger charge is -2.29. The number of hydrogen-bond donors (Lipinski definition) is 1. The number of benzene rings is 2. The van der Waals surface area contributed by atoms with Crippen molar-refractivity contribution in [2.45, 2.75) is 59.2 Å². The van der Waals surface area contributed by atoms with E-state index in [1.807, 2.05) is 51.1 Å². The van der Waals surface area contributed by atoms with Crippen LogP contribution in [0.4, 0.5) is 0 Å². The van der Waals surface area contributed by atoms with E-state index in [4.69, 9.17) is 23.2 Å². The Hall–Kier alpha value is -2.04. The summed E-state index contributed by atoms with van der Waals surface area (Å²) in [6.07, 6.45) is 0.944. The van der Waals surface area contributed by atoms with Crippen LogP contribution in [0, 0.1) is 6.92 Å². The van der Waals surface area contributed by atoms with Gasteiger partial charge in [0.15, 0.2) is 0 Å². The van der Waals surface area contributed by atoms with Crippen molar-refractivity contribution in [3.63, 3.8) is 0 Å². The van der Waals surface area contributed by atoms with E-state index in [9.17, 15) is 9.59 Å². The first kappa shape index (κ1) is 23.2. The minimum Gasteiger partial charge on any atom is -0.352 e. The van der Waals surface area contributed by atoms with Gasteiger partial charge >= 0.3 is 0 Å². The van der Waals surface area contributed by atoms with Crippen LogP contribution in [-0.4, -0.2) is 28.8 Å². The molecule has 2 aromatic carbocycles. The molecule has 1 N–H and O–H groups in total. The van der Waals surface area contributed by atoms with Gasteiger partial charge in [0, 0.05) is 19.0 Å². The summed E-state index contributed by atoms with van der Waals surface area (Å²) in [7, 11) is 0. The van der Waals surface area contributed by atoms with Gasteiger partial charge in [-0.2, -0.15) is 0 Å². The molecule has 4 nitrogen and oxygen atoms in total. The number of halogens is 2. The Kier molecular flexibility index (Phi) is 8.54. The molecule has 0 radical (unpaired) electrons. The summed E-state index contributed by atoms with van der Waals surface area (Å²) in [6, 6.07) is 12.8. The summed E-state index contributed by atoms with van der Waals surface area (Å²) in [6.45, 7) is 7.86. The van der Waals surface area contributed by atoms with Gasteiger partial charge in [-0.05, 0) is 57.4 Å². The number of nitrogens with one attached hydrogen (secondary N) is 1.